The number of carbonyl (C=O) groups excluding carboxylic acids is 1. The number of hydrogen-bond acceptors (Lipinski definition) is 3. The lowest BCUT2D eigenvalue weighted by Gasteiger charge is -2.56. The number of para-hydroxylation sites is 1. The van der Waals surface area contributed by atoms with Crippen LogP contribution in [0.2, 0.25) is 0 Å². The van der Waals surface area contributed by atoms with Gasteiger partial charge in [0, 0.05) is 42.1 Å². The molecule has 4 atom stereocenters. The predicted octanol–water partition coefficient (Wildman–Crippen LogP) is 5.00. The van der Waals surface area contributed by atoms with Crippen molar-refractivity contribution in [2.45, 2.75) is 36.1 Å². The smallest absolute Gasteiger partial charge is 0.210 e. The van der Waals surface area contributed by atoms with Crippen LogP contribution in [0.5, 0.6) is 5.75 Å². The minimum Gasteiger partial charge on any atom is -0.493 e. The first-order valence-electron chi connectivity index (χ1n) is 12.6. The molecule has 4 nitrogen and oxygen atoms in total. The Bertz CT molecular complexity index is 1220. The molecule has 0 saturated carbocycles. The third-order valence-corrected chi connectivity index (χ3v) is 8.79. The van der Waals surface area contributed by atoms with Crippen molar-refractivity contribution in [2.75, 3.05) is 26.2 Å². The number of hydrogen-bond donors (Lipinski definition) is 1. The molecule has 6 rings (SSSR count). The molecule has 3 heterocycles. The van der Waals surface area contributed by atoms with Crippen molar-refractivity contribution >= 4 is 6.41 Å². The second-order valence-corrected chi connectivity index (χ2v) is 10.2. The molecule has 4 unspecified atom stereocenters. The molecule has 1 amide bonds. The third kappa shape index (κ3) is 3.40. The van der Waals surface area contributed by atoms with Gasteiger partial charge < -0.3 is 15.0 Å². The molecule has 180 valence electrons. The molecule has 0 bridgehead atoms. The maximum atomic E-state index is 15.8. The van der Waals surface area contributed by atoms with Gasteiger partial charge in [-0.25, -0.2) is 4.39 Å². The number of fused-ring (bicyclic) bond motifs is 2. The molecule has 2 saturated heterocycles. The average molecular weight is 471 g/mol. The van der Waals surface area contributed by atoms with E-state index in [0.717, 1.165) is 31.5 Å². The van der Waals surface area contributed by atoms with Gasteiger partial charge in [0.2, 0.25) is 6.41 Å². The summed E-state index contributed by atoms with van der Waals surface area (Å²) in [6.07, 6.45) is 3.35. The SMILES string of the molecule is O=CN1CCC(c2ccccc2)CC1(c1ccccc1F)C1CNCC12CCOc1ccccc12. The average Bonchev–Trinajstić information content (AvgIpc) is 3.33. The van der Waals surface area contributed by atoms with E-state index in [1.54, 1.807) is 12.1 Å². The zero-order valence-corrected chi connectivity index (χ0v) is 19.8. The summed E-state index contributed by atoms with van der Waals surface area (Å²) in [5, 5.41) is 3.66. The summed E-state index contributed by atoms with van der Waals surface area (Å²) in [5.74, 6) is 0.896. The van der Waals surface area contributed by atoms with Crippen LogP contribution in [0.4, 0.5) is 4.39 Å². The van der Waals surface area contributed by atoms with Gasteiger partial charge in [-0.2, -0.15) is 0 Å². The molecule has 2 fully saturated rings. The summed E-state index contributed by atoms with van der Waals surface area (Å²) in [5.41, 5.74) is 2.03. The molecule has 1 spiro atoms. The summed E-state index contributed by atoms with van der Waals surface area (Å²) in [7, 11) is 0. The maximum absolute atomic E-state index is 15.8. The van der Waals surface area contributed by atoms with E-state index in [1.165, 1.54) is 11.1 Å². The van der Waals surface area contributed by atoms with E-state index in [2.05, 4.69) is 41.7 Å². The lowest BCUT2D eigenvalue weighted by molar-refractivity contribution is -0.133. The number of benzene rings is 3. The van der Waals surface area contributed by atoms with Crippen molar-refractivity contribution in [2.24, 2.45) is 5.92 Å². The van der Waals surface area contributed by atoms with Gasteiger partial charge in [-0.3, -0.25) is 4.79 Å². The molecule has 3 aromatic carbocycles. The summed E-state index contributed by atoms with van der Waals surface area (Å²) >= 11 is 0. The highest BCUT2D eigenvalue weighted by molar-refractivity contribution is 5.54. The minimum atomic E-state index is -0.778. The topological polar surface area (TPSA) is 41.6 Å². The molecule has 3 aromatic rings. The standard InChI is InChI=1S/C30H31FN2O2/c31-26-12-6-4-10-24(26)30(18-23(14-16-33(30)21-34)22-8-2-1-3-9-22)28-19-32-20-29(28)15-17-35-27-13-7-5-11-25(27)29/h1-13,21,23,28,32H,14-20H2. The molecular weight excluding hydrogens is 439 g/mol. The number of nitrogens with one attached hydrogen (secondary N) is 1. The van der Waals surface area contributed by atoms with Gasteiger partial charge in [0.15, 0.2) is 0 Å². The third-order valence-electron chi connectivity index (χ3n) is 8.79. The zero-order valence-electron chi connectivity index (χ0n) is 19.8. The van der Waals surface area contributed by atoms with Gasteiger partial charge in [-0.05, 0) is 42.9 Å². The van der Waals surface area contributed by atoms with Gasteiger partial charge in [-0.1, -0.05) is 66.7 Å². The molecule has 3 aliphatic heterocycles. The van der Waals surface area contributed by atoms with Crippen LogP contribution in [0.25, 0.3) is 0 Å². The van der Waals surface area contributed by atoms with Crippen LogP contribution < -0.4 is 10.1 Å². The largest absolute Gasteiger partial charge is 0.493 e. The fourth-order valence-electron chi connectivity index (χ4n) is 7.26. The predicted molar refractivity (Wildman–Crippen MR) is 134 cm³/mol. The van der Waals surface area contributed by atoms with E-state index in [-0.39, 0.29) is 23.1 Å². The summed E-state index contributed by atoms with van der Waals surface area (Å²) in [6, 6.07) is 25.8. The second kappa shape index (κ2) is 8.80. The highest BCUT2D eigenvalue weighted by Gasteiger charge is 2.60. The highest BCUT2D eigenvalue weighted by atomic mass is 19.1. The Hall–Kier alpha value is -3.18. The van der Waals surface area contributed by atoms with Crippen LogP contribution >= 0.6 is 0 Å². The highest BCUT2D eigenvalue weighted by Crippen LogP contribution is 2.58. The number of amides is 1. The van der Waals surface area contributed by atoms with Gasteiger partial charge >= 0.3 is 0 Å². The van der Waals surface area contributed by atoms with E-state index < -0.39 is 5.54 Å². The van der Waals surface area contributed by atoms with Gasteiger partial charge in [0.1, 0.15) is 11.6 Å². The van der Waals surface area contributed by atoms with Crippen LogP contribution in [-0.4, -0.2) is 37.6 Å². The molecule has 0 aliphatic carbocycles. The van der Waals surface area contributed by atoms with Gasteiger partial charge in [0.05, 0.1) is 12.1 Å². The van der Waals surface area contributed by atoms with Crippen LogP contribution in [0, 0.1) is 11.7 Å². The number of nitrogens with zero attached hydrogens (tertiary/aromatic N) is 1. The molecule has 1 N–H and O–H groups in total. The van der Waals surface area contributed by atoms with Crippen molar-refractivity contribution in [1.29, 1.82) is 0 Å². The fourth-order valence-corrected chi connectivity index (χ4v) is 7.26. The van der Waals surface area contributed by atoms with E-state index in [0.29, 0.717) is 31.7 Å². The van der Waals surface area contributed by atoms with Gasteiger partial charge in [-0.15, -0.1) is 0 Å². The molecular formula is C30H31FN2O2. The van der Waals surface area contributed by atoms with Crippen molar-refractivity contribution in [3.05, 3.63) is 101 Å². The van der Waals surface area contributed by atoms with Crippen molar-refractivity contribution in [1.82, 2.24) is 10.2 Å². The monoisotopic (exact) mass is 470 g/mol. The van der Waals surface area contributed by atoms with E-state index in [4.69, 9.17) is 4.74 Å². The Labute approximate surface area is 206 Å². The van der Waals surface area contributed by atoms with Crippen LogP contribution in [0.3, 0.4) is 0 Å². The first-order chi connectivity index (χ1) is 17.2. The first kappa shape index (κ1) is 22.3. The normalized spacial score (nSPS) is 30.0. The number of halogens is 1. The molecule has 3 aliphatic rings. The Kier molecular flexibility index (Phi) is 5.60. The maximum Gasteiger partial charge on any atom is 0.210 e. The van der Waals surface area contributed by atoms with E-state index >= 15 is 4.39 Å². The summed E-state index contributed by atoms with van der Waals surface area (Å²) in [4.78, 5) is 14.7. The van der Waals surface area contributed by atoms with Crippen LogP contribution in [0.15, 0.2) is 78.9 Å². The Balaban J connectivity index is 1.57. The lowest BCUT2D eigenvalue weighted by atomic mass is 9.56. The zero-order chi connectivity index (χ0) is 23.9. The Morgan fingerprint density at radius 2 is 1.71 bits per heavy atom. The van der Waals surface area contributed by atoms with Crippen LogP contribution in [-0.2, 0) is 15.7 Å². The molecule has 35 heavy (non-hydrogen) atoms. The van der Waals surface area contributed by atoms with Crippen LogP contribution in [0.1, 0.15) is 41.9 Å². The van der Waals surface area contributed by atoms with Gasteiger partial charge in [0.25, 0.3) is 0 Å². The lowest BCUT2D eigenvalue weighted by Crippen LogP contribution is -2.61. The summed E-state index contributed by atoms with van der Waals surface area (Å²) < 4.78 is 21.8. The Morgan fingerprint density at radius 1 is 0.971 bits per heavy atom. The number of carbonyl (C=O) groups is 1. The number of rotatable bonds is 4. The van der Waals surface area contributed by atoms with Crippen molar-refractivity contribution in [3.8, 4) is 5.75 Å². The number of piperidine rings is 1. The second-order valence-electron chi connectivity index (χ2n) is 10.2. The van der Waals surface area contributed by atoms with Crippen molar-refractivity contribution < 1.29 is 13.9 Å². The van der Waals surface area contributed by atoms with E-state index in [1.807, 2.05) is 35.2 Å². The van der Waals surface area contributed by atoms with E-state index in [9.17, 15) is 4.79 Å². The van der Waals surface area contributed by atoms with Crippen molar-refractivity contribution in [3.63, 3.8) is 0 Å². The quantitative estimate of drug-likeness (QED) is 0.546. The number of ether oxygens (including phenoxy) is 1. The Morgan fingerprint density at radius 3 is 2.51 bits per heavy atom. The minimum absolute atomic E-state index is 0.00587. The first-order valence-corrected chi connectivity index (χ1v) is 12.6. The molecule has 5 heteroatoms. The number of likely N-dealkylation sites (tertiary alicyclic amines) is 1. The fraction of sp³-hybridized carbons (Fsp3) is 0.367. The summed E-state index contributed by atoms with van der Waals surface area (Å²) in [6.45, 7) is 2.72. The molecule has 0 radical (unpaired) electrons. The molecule has 0 aromatic heterocycles.